The highest BCUT2D eigenvalue weighted by Gasteiger charge is 2.06. The van der Waals surface area contributed by atoms with E-state index >= 15 is 0 Å². The van der Waals surface area contributed by atoms with Crippen molar-refractivity contribution in [3.05, 3.63) is 28.2 Å². The van der Waals surface area contributed by atoms with E-state index in [9.17, 15) is 9.90 Å². The molecule has 12 heavy (non-hydrogen) atoms. The fourth-order valence-corrected chi connectivity index (χ4v) is 1.41. The van der Waals surface area contributed by atoms with Gasteiger partial charge in [-0.05, 0) is 28.1 Å². The zero-order valence-corrected chi connectivity index (χ0v) is 7.92. The van der Waals surface area contributed by atoms with Crippen molar-refractivity contribution in [3.63, 3.8) is 0 Å². The van der Waals surface area contributed by atoms with Crippen LogP contribution >= 0.6 is 15.9 Å². The normalized spacial score (nSPS) is 9.50. The van der Waals surface area contributed by atoms with E-state index in [2.05, 4.69) is 15.9 Å². The maximum Gasteiger partial charge on any atom is 0.142 e. The lowest BCUT2D eigenvalue weighted by atomic mass is 10.2. The van der Waals surface area contributed by atoms with E-state index in [1.807, 2.05) is 0 Å². The topological polar surface area (TPSA) is 49.4 Å². The van der Waals surface area contributed by atoms with E-state index in [-0.39, 0.29) is 11.3 Å². The number of benzene rings is 1. The number of methoxy groups -OCH3 is 1. The molecule has 0 unspecified atom stereocenters. The van der Waals surface area contributed by atoms with Crippen molar-refractivity contribution < 1.29 is 14.6 Å². The third-order valence-corrected chi connectivity index (χ3v) is 2.02. The van der Waals surface area contributed by atoms with Gasteiger partial charge in [0.15, 0.2) is 0 Å². The van der Waals surface area contributed by atoms with Crippen LogP contribution in [0.25, 0.3) is 0 Å². The summed E-state index contributed by atoms with van der Waals surface area (Å²) in [7, 11) is 1.41. The molecule has 0 aromatic heterocycles. The average molecular weight is 230 g/mol. The standard InChI is InChI=1S/C8H7BrO3/c1-12-7-5(8(10)11)3-2-4-6(7)9/h2-4H,1H3,(H,10,11)/p-1. The van der Waals surface area contributed by atoms with E-state index in [0.717, 1.165) is 0 Å². The zero-order chi connectivity index (χ0) is 9.14. The second-order valence-corrected chi connectivity index (χ2v) is 2.96. The first-order chi connectivity index (χ1) is 5.66. The van der Waals surface area contributed by atoms with Gasteiger partial charge in [0.25, 0.3) is 0 Å². The van der Waals surface area contributed by atoms with Gasteiger partial charge in [-0.25, -0.2) is 0 Å². The van der Waals surface area contributed by atoms with Crippen molar-refractivity contribution in [1.82, 2.24) is 0 Å². The molecule has 1 aromatic carbocycles. The van der Waals surface area contributed by atoms with E-state index < -0.39 is 5.97 Å². The van der Waals surface area contributed by atoms with E-state index in [4.69, 9.17) is 4.74 Å². The zero-order valence-electron chi connectivity index (χ0n) is 6.33. The number of hydrogen-bond acceptors (Lipinski definition) is 3. The Balaban J connectivity index is 3.27. The highest BCUT2D eigenvalue weighted by Crippen LogP contribution is 2.27. The Labute approximate surface area is 78.1 Å². The molecule has 0 radical (unpaired) electrons. The summed E-state index contributed by atoms with van der Waals surface area (Å²) < 4.78 is 5.47. The number of ether oxygens (including phenoxy) is 1. The molecule has 0 aliphatic carbocycles. The third-order valence-electron chi connectivity index (χ3n) is 1.39. The van der Waals surface area contributed by atoms with Crippen LogP contribution in [-0.4, -0.2) is 13.1 Å². The van der Waals surface area contributed by atoms with Crippen LogP contribution in [0.15, 0.2) is 22.7 Å². The molecule has 0 saturated heterocycles. The molecule has 4 heteroatoms. The van der Waals surface area contributed by atoms with Crippen LogP contribution in [0.1, 0.15) is 10.4 Å². The number of carbonyl (C=O) groups is 1. The SMILES string of the molecule is COc1c(Br)cccc1C(=O)[O-]. The summed E-state index contributed by atoms with van der Waals surface area (Å²) in [5, 5.41) is 10.5. The minimum Gasteiger partial charge on any atom is -0.545 e. The lowest BCUT2D eigenvalue weighted by Crippen LogP contribution is -2.22. The number of aromatic carboxylic acids is 1. The summed E-state index contributed by atoms with van der Waals surface area (Å²) in [4.78, 5) is 10.5. The predicted octanol–water partition coefficient (Wildman–Crippen LogP) is 0.821. The number of hydrogen-bond donors (Lipinski definition) is 0. The molecular weight excluding hydrogens is 224 g/mol. The van der Waals surface area contributed by atoms with E-state index in [1.165, 1.54) is 13.2 Å². The van der Waals surface area contributed by atoms with Crippen LogP contribution in [0.5, 0.6) is 5.75 Å². The van der Waals surface area contributed by atoms with Crippen LogP contribution in [0.2, 0.25) is 0 Å². The Morgan fingerprint density at radius 3 is 2.67 bits per heavy atom. The van der Waals surface area contributed by atoms with Gasteiger partial charge in [0.05, 0.1) is 17.6 Å². The van der Waals surface area contributed by atoms with Gasteiger partial charge >= 0.3 is 0 Å². The molecule has 0 bridgehead atoms. The number of para-hydroxylation sites is 1. The number of rotatable bonds is 2. The van der Waals surface area contributed by atoms with Crippen LogP contribution in [0.3, 0.4) is 0 Å². The minimum atomic E-state index is -1.24. The Bertz CT molecular complexity index is 309. The molecular formula is C8H6BrO3-. The van der Waals surface area contributed by atoms with Crippen molar-refractivity contribution >= 4 is 21.9 Å². The van der Waals surface area contributed by atoms with Gasteiger partial charge in [0.1, 0.15) is 5.75 Å². The second-order valence-electron chi connectivity index (χ2n) is 2.11. The molecule has 0 spiro atoms. The van der Waals surface area contributed by atoms with Crippen LogP contribution in [0.4, 0.5) is 0 Å². The van der Waals surface area contributed by atoms with Gasteiger partial charge < -0.3 is 14.6 Å². The van der Waals surface area contributed by atoms with Crippen molar-refractivity contribution in [2.75, 3.05) is 7.11 Å². The molecule has 0 fully saturated rings. The molecule has 1 aromatic rings. The van der Waals surface area contributed by atoms with Gasteiger partial charge in [-0.1, -0.05) is 6.07 Å². The number of halogens is 1. The smallest absolute Gasteiger partial charge is 0.142 e. The molecule has 0 amide bonds. The Morgan fingerprint density at radius 2 is 2.25 bits per heavy atom. The average Bonchev–Trinajstić information content (AvgIpc) is 2.03. The fourth-order valence-electron chi connectivity index (χ4n) is 0.877. The van der Waals surface area contributed by atoms with Crippen LogP contribution in [0, 0.1) is 0 Å². The molecule has 0 N–H and O–H groups in total. The Kier molecular flexibility index (Phi) is 2.70. The lowest BCUT2D eigenvalue weighted by molar-refractivity contribution is -0.255. The minimum absolute atomic E-state index is 0.0480. The summed E-state index contributed by atoms with van der Waals surface area (Å²) in [6, 6.07) is 4.74. The van der Waals surface area contributed by atoms with Gasteiger partial charge in [-0.15, -0.1) is 0 Å². The van der Waals surface area contributed by atoms with Gasteiger partial charge in [0.2, 0.25) is 0 Å². The summed E-state index contributed by atoms with van der Waals surface area (Å²) in [5.41, 5.74) is 0.0480. The summed E-state index contributed by atoms with van der Waals surface area (Å²) in [5.74, 6) is -0.953. The summed E-state index contributed by atoms with van der Waals surface area (Å²) in [6.45, 7) is 0. The van der Waals surface area contributed by atoms with Crippen LogP contribution < -0.4 is 9.84 Å². The molecule has 0 saturated carbocycles. The summed E-state index contributed by atoms with van der Waals surface area (Å²) >= 11 is 3.16. The molecule has 64 valence electrons. The van der Waals surface area contributed by atoms with Gasteiger partial charge in [0, 0.05) is 5.56 Å². The Morgan fingerprint density at radius 1 is 1.58 bits per heavy atom. The molecule has 1 rings (SSSR count). The first-order valence-corrected chi connectivity index (χ1v) is 4.00. The lowest BCUT2D eigenvalue weighted by Gasteiger charge is -2.09. The highest BCUT2D eigenvalue weighted by molar-refractivity contribution is 9.10. The molecule has 0 aliphatic rings. The predicted molar refractivity (Wildman–Crippen MR) is 45.0 cm³/mol. The maximum absolute atomic E-state index is 10.5. The number of carbonyl (C=O) groups excluding carboxylic acids is 1. The molecule has 3 nitrogen and oxygen atoms in total. The molecule has 0 heterocycles. The largest absolute Gasteiger partial charge is 0.545 e. The highest BCUT2D eigenvalue weighted by atomic mass is 79.9. The van der Waals surface area contributed by atoms with E-state index in [0.29, 0.717) is 4.47 Å². The number of carboxylic acids is 1. The first kappa shape index (κ1) is 9.06. The first-order valence-electron chi connectivity index (χ1n) is 3.20. The van der Waals surface area contributed by atoms with Crippen LogP contribution in [-0.2, 0) is 0 Å². The van der Waals surface area contributed by atoms with Crippen molar-refractivity contribution in [3.8, 4) is 5.75 Å². The third kappa shape index (κ3) is 1.58. The maximum atomic E-state index is 10.5. The van der Waals surface area contributed by atoms with Gasteiger partial charge in [-0.3, -0.25) is 0 Å². The Hall–Kier alpha value is -1.03. The second kappa shape index (κ2) is 3.58. The summed E-state index contributed by atoms with van der Waals surface area (Å²) in [6.07, 6.45) is 0. The van der Waals surface area contributed by atoms with Crippen molar-refractivity contribution in [2.24, 2.45) is 0 Å². The van der Waals surface area contributed by atoms with Crippen molar-refractivity contribution in [2.45, 2.75) is 0 Å². The molecule has 0 aliphatic heterocycles. The quantitative estimate of drug-likeness (QED) is 0.755. The van der Waals surface area contributed by atoms with Gasteiger partial charge in [-0.2, -0.15) is 0 Å². The molecule has 0 atom stereocenters. The monoisotopic (exact) mass is 229 g/mol. The number of carboxylic acid groups (broad SMARTS) is 1. The fraction of sp³-hybridized carbons (Fsp3) is 0.125. The van der Waals surface area contributed by atoms with Crippen molar-refractivity contribution in [1.29, 1.82) is 0 Å². The van der Waals surface area contributed by atoms with E-state index in [1.54, 1.807) is 12.1 Å².